The van der Waals surface area contributed by atoms with Crippen LogP contribution in [0.3, 0.4) is 0 Å². The fourth-order valence-electron chi connectivity index (χ4n) is 2.11. The molecule has 0 bridgehead atoms. The van der Waals surface area contributed by atoms with Gasteiger partial charge in [-0.25, -0.2) is 0 Å². The highest BCUT2D eigenvalue weighted by molar-refractivity contribution is 7.85. The highest BCUT2D eigenvalue weighted by atomic mass is 32.2. The monoisotopic (exact) mass is 303 g/mol. The normalized spacial score (nSPS) is 12.1. The summed E-state index contributed by atoms with van der Waals surface area (Å²) in [5.74, 6) is 1.43. The SMILES string of the molecule is Cc1ccccc1S(=O)CCCOc1ccccc1CN. The van der Waals surface area contributed by atoms with Crippen molar-refractivity contribution in [1.82, 2.24) is 0 Å². The predicted octanol–water partition coefficient (Wildman–Crippen LogP) is 3.03. The highest BCUT2D eigenvalue weighted by Gasteiger charge is 2.07. The Kier molecular flexibility index (Phi) is 5.96. The zero-order valence-corrected chi connectivity index (χ0v) is 13.1. The Labute approximate surface area is 128 Å². The van der Waals surface area contributed by atoms with Crippen molar-refractivity contribution in [2.24, 2.45) is 5.73 Å². The van der Waals surface area contributed by atoms with Gasteiger partial charge < -0.3 is 10.5 Å². The zero-order valence-electron chi connectivity index (χ0n) is 12.2. The minimum absolute atomic E-state index is 0.464. The Hall–Kier alpha value is -1.65. The molecule has 1 unspecified atom stereocenters. The minimum Gasteiger partial charge on any atom is -0.493 e. The van der Waals surface area contributed by atoms with Crippen LogP contribution in [-0.4, -0.2) is 16.6 Å². The van der Waals surface area contributed by atoms with Crippen molar-refractivity contribution >= 4 is 10.8 Å². The number of para-hydroxylation sites is 1. The second-order valence-corrected chi connectivity index (χ2v) is 6.37. The summed E-state index contributed by atoms with van der Waals surface area (Å²) < 4.78 is 18.0. The number of ether oxygens (including phenoxy) is 1. The fourth-order valence-corrected chi connectivity index (χ4v) is 3.36. The Morgan fingerprint density at radius 2 is 1.81 bits per heavy atom. The molecule has 0 saturated heterocycles. The standard InChI is InChI=1S/C17H21NO2S/c1-14-7-2-5-10-17(14)21(19)12-6-11-20-16-9-4-3-8-15(16)13-18/h2-5,7-10H,6,11-13,18H2,1H3. The van der Waals surface area contributed by atoms with E-state index in [1.807, 2.05) is 55.5 Å². The van der Waals surface area contributed by atoms with Crippen LogP contribution in [0, 0.1) is 6.92 Å². The maximum atomic E-state index is 12.2. The molecule has 0 aliphatic carbocycles. The molecule has 0 spiro atoms. The van der Waals surface area contributed by atoms with E-state index in [4.69, 9.17) is 10.5 Å². The largest absolute Gasteiger partial charge is 0.493 e. The molecule has 4 heteroatoms. The molecule has 0 aliphatic rings. The van der Waals surface area contributed by atoms with Crippen molar-refractivity contribution < 1.29 is 8.95 Å². The van der Waals surface area contributed by atoms with Gasteiger partial charge in [0.2, 0.25) is 0 Å². The summed E-state index contributed by atoms with van der Waals surface area (Å²) in [6.07, 6.45) is 0.750. The molecule has 0 aromatic heterocycles. The van der Waals surface area contributed by atoms with Gasteiger partial charge in [0.05, 0.1) is 17.4 Å². The third kappa shape index (κ3) is 4.41. The molecule has 2 aromatic carbocycles. The van der Waals surface area contributed by atoms with E-state index in [-0.39, 0.29) is 0 Å². The van der Waals surface area contributed by atoms with Crippen molar-refractivity contribution in [3.8, 4) is 5.75 Å². The quantitative estimate of drug-likeness (QED) is 0.800. The van der Waals surface area contributed by atoms with Gasteiger partial charge in [-0.1, -0.05) is 36.4 Å². The number of hydrogen-bond donors (Lipinski definition) is 1. The van der Waals surface area contributed by atoms with Crippen LogP contribution in [0.25, 0.3) is 0 Å². The molecule has 2 N–H and O–H groups in total. The Morgan fingerprint density at radius 3 is 2.57 bits per heavy atom. The average molecular weight is 303 g/mol. The molecule has 2 rings (SSSR count). The Balaban J connectivity index is 1.82. The van der Waals surface area contributed by atoms with E-state index in [1.54, 1.807) is 0 Å². The number of hydrogen-bond acceptors (Lipinski definition) is 3. The molecule has 112 valence electrons. The summed E-state index contributed by atoms with van der Waals surface area (Å²) in [4.78, 5) is 0.917. The van der Waals surface area contributed by atoms with Gasteiger partial charge in [0.1, 0.15) is 5.75 Å². The molecule has 0 aliphatic heterocycles. The van der Waals surface area contributed by atoms with E-state index < -0.39 is 10.8 Å². The molecule has 0 fully saturated rings. The van der Waals surface area contributed by atoms with Crippen LogP contribution in [0.1, 0.15) is 17.5 Å². The van der Waals surface area contributed by atoms with Crippen LogP contribution in [0.15, 0.2) is 53.4 Å². The molecule has 3 nitrogen and oxygen atoms in total. The molecular formula is C17H21NO2S. The number of aryl methyl sites for hydroxylation is 1. The average Bonchev–Trinajstić information content (AvgIpc) is 2.52. The Morgan fingerprint density at radius 1 is 1.10 bits per heavy atom. The van der Waals surface area contributed by atoms with E-state index >= 15 is 0 Å². The van der Waals surface area contributed by atoms with Gasteiger partial charge in [-0.2, -0.15) is 0 Å². The molecule has 0 saturated carbocycles. The van der Waals surface area contributed by atoms with Crippen molar-refractivity contribution in [2.75, 3.05) is 12.4 Å². The van der Waals surface area contributed by atoms with Crippen molar-refractivity contribution in [1.29, 1.82) is 0 Å². The van der Waals surface area contributed by atoms with Gasteiger partial charge in [-0.3, -0.25) is 4.21 Å². The van der Waals surface area contributed by atoms with Crippen LogP contribution in [0.5, 0.6) is 5.75 Å². The lowest BCUT2D eigenvalue weighted by Gasteiger charge is -2.10. The molecule has 1 atom stereocenters. The summed E-state index contributed by atoms with van der Waals surface area (Å²) in [5.41, 5.74) is 7.74. The predicted molar refractivity (Wildman–Crippen MR) is 86.9 cm³/mol. The lowest BCUT2D eigenvalue weighted by atomic mass is 10.2. The van der Waals surface area contributed by atoms with Gasteiger partial charge in [0, 0.05) is 22.8 Å². The molecule has 21 heavy (non-hydrogen) atoms. The van der Waals surface area contributed by atoms with E-state index in [9.17, 15) is 4.21 Å². The van der Waals surface area contributed by atoms with Crippen LogP contribution < -0.4 is 10.5 Å². The first-order valence-corrected chi connectivity index (χ1v) is 8.39. The lowest BCUT2D eigenvalue weighted by Crippen LogP contribution is -2.07. The van der Waals surface area contributed by atoms with Gasteiger partial charge in [-0.05, 0) is 31.0 Å². The van der Waals surface area contributed by atoms with Crippen molar-refractivity contribution in [2.45, 2.75) is 24.8 Å². The zero-order chi connectivity index (χ0) is 15.1. The maximum absolute atomic E-state index is 12.2. The molecule has 0 radical (unpaired) electrons. The fraction of sp³-hybridized carbons (Fsp3) is 0.294. The Bertz CT molecular complexity index is 613. The molecular weight excluding hydrogens is 282 g/mol. The molecule has 0 amide bonds. The second-order valence-electron chi connectivity index (χ2n) is 4.83. The van der Waals surface area contributed by atoms with E-state index in [0.29, 0.717) is 18.9 Å². The first kappa shape index (κ1) is 15.7. The summed E-state index contributed by atoms with van der Waals surface area (Å²) >= 11 is 0. The van der Waals surface area contributed by atoms with Crippen LogP contribution in [0.2, 0.25) is 0 Å². The molecule has 0 heterocycles. The van der Waals surface area contributed by atoms with Crippen LogP contribution in [0.4, 0.5) is 0 Å². The summed E-state index contributed by atoms with van der Waals surface area (Å²) in [6.45, 7) is 3.00. The van der Waals surface area contributed by atoms with Crippen molar-refractivity contribution in [3.63, 3.8) is 0 Å². The maximum Gasteiger partial charge on any atom is 0.123 e. The van der Waals surface area contributed by atoms with Crippen molar-refractivity contribution in [3.05, 3.63) is 59.7 Å². The second kappa shape index (κ2) is 7.96. The third-order valence-corrected chi connectivity index (χ3v) is 4.87. The number of nitrogens with two attached hydrogens (primary N) is 1. The van der Waals surface area contributed by atoms with Crippen LogP contribution >= 0.6 is 0 Å². The lowest BCUT2D eigenvalue weighted by molar-refractivity contribution is 0.315. The first-order valence-electron chi connectivity index (χ1n) is 7.07. The summed E-state index contributed by atoms with van der Waals surface area (Å²) in [6, 6.07) is 15.6. The summed E-state index contributed by atoms with van der Waals surface area (Å²) in [7, 11) is -0.965. The van der Waals surface area contributed by atoms with Gasteiger partial charge in [0.15, 0.2) is 0 Å². The van der Waals surface area contributed by atoms with E-state index in [0.717, 1.165) is 28.2 Å². The van der Waals surface area contributed by atoms with Crippen LogP contribution in [-0.2, 0) is 17.3 Å². The van der Waals surface area contributed by atoms with Gasteiger partial charge in [-0.15, -0.1) is 0 Å². The summed E-state index contributed by atoms with van der Waals surface area (Å²) in [5, 5.41) is 0. The van der Waals surface area contributed by atoms with E-state index in [1.165, 1.54) is 0 Å². The van der Waals surface area contributed by atoms with Gasteiger partial charge >= 0.3 is 0 Å². The van der Waals surface area contributed by atoms with E-state index in [2.05, 4.69) is 0 Å². The third-order valence-electron chi connectivity index (χ3n) is 3.26. The smallest absolute Gasteiger partial charge is 0.123 e. The molecule has 2 aromatic rings. The minimum atomic E-state index is -0.965. The topological polar surface area (TPSA) is 52.3 Å². The number of benzene rings is 2. The first-order chi connectivity index (χ1) is 10.2. The van der Waals surface area contributed by atoms with Gasteiger partial charge in [0.25, 0.3) is 0 Å². The number of rotatable bonds is 7. The highest BCUT2D eigenvalue weighted by Crippen LogP contribution is 2.18.